The van der Waals surface area contributed by atoms with E-state index in [1.807, 2.05) is 37.3 Å². The predicted molar refractivity (Wildman–Crippen MR) is 128 cm³/mol. The summed E-state index contributed by atoms with van der Waals surface area (Å²) in [7, 11) is 1.57. The van der Waals surface area contributed by atoms with Gasteiger partial charge < -0.3 is 19.7 Å². The van der Waals surface area contributed by atoms with Crippen molar-refractivity contribution >= 4 is 28.4 Å². The average molecular weight is 453 g/mol. The lowest BCUT2D eigenvalue weighted by atomic mass is 9.94. The van der Waals surface area contributed by atoms with Crippen molar-refractivity contribution in [1.29, 1.82) is 0 Å². The topological polar surface area (TPSA) is 95.5 Å². The van der Waals surface area contributed by atoms with Crippen LogP contribution in [0.5, 0.6) is 5.75 Å². The lowest BCUT2D eigenvalue weighted by molar-refractivity contribution is -0.140. The van der Waals surface area contributed by atoms with E-state index in [9.17, 15) is 14.7 Å². The van der Waals surface area contributed by atoms with Gasteiger partial charge in [-0.25, -0.2) is 0 Å². The smallest absolute Gasteiger partial charge is 0.296 e. The number of methoxy groups -OCH3 is 1. The summed E-state index contributed by atoms with van der Waals surface area (Å²) in [6.07, 6.45) is 3.44. The van der Waals surface area contributed by atoms with Gasteiger partial charge in [0.2, 0.25) is 0 Å². The number of amides is 1. The average Bonchev–Trinajstić information content (AvgIpc) is 3.38. The van der Waals surface area contributed by atoms with E-state index < -0.39 is 17.7 Å². The summed E-state index contributed by atoms with van der Waals surface area (Å²) in [6, 6.07) is 17.5. The van der Waals surface area contributed by atoms with Gasteiger partial charge in [0.25, 0.3) is 11.7 Å². The molecule has 34 heavy (non-hydrogen) atoms. The van der Waals surface area contributed by atoms with Crippen molar-refractivity contribution in [2.75, 3.05) is 7.11 Å². The Morgan fingerprint density at radius 3 is 2.65 bits per heavy atom. The lowest BCUT2D eigenvalue weighted by Gasteiger charge is -2.24. The van der Waals surface area contributed by atoms with Crippen LogP contribution >= 0.6 is 0 Å². The summed E-state index contributed by atoms with van der Waals surface area (Å²) in [4.78, 5) is 35.6. The van der Waals surface area contributed by atoms with Gasteiger partial charge in [-0.15, -0.1) is 0 Å². The Labute approximate surface area is 196 Å². The molecule has 0 saturated carbocycles. The fourth-order valence-electron chi connectivity index (χ4n) is 4.53. The summed E-state index contributed by atoms with van der Waals surface area (Å²) in [6.45, 7) is 1.99. The molecule has 170 valence electrons. The lowest BCUT2D eigenvalue weighted by Crippen LogP contribution is -2.29. The Morgan fingerprint density at radius 1 is 1.12 bits per heavy atom. The number of ketones is 1. The van der Waals surface area contributed by atoms with Gasteiger partial charge in [0.15, 0.2) is 0 Å². The van der Waals surface area contributed by atoms with E-state index >= 15 is 0 Å². The van der Waals surface area contributed by atoms with Crippen molar-refractivity contribution in [3.05, 3.63) is 101 Å². The van der Waals surface area contributed by atoms with E-state index in [1.165, 1.54) is 4.90 Å². The summed E-state index contributed by atoms with van der Waals surface area (Å²) >= 11 is 0. The van der Waals surface area contributed by atoms with Crippen LogP contribution in [0.25, 0.3) is 16.7 Å². The van der Waals surface area contributed by atoms with Crippen LogP contribution in [0.2, 0.25) is 0 Å². The van der Waals surface area contributed by atoms with Gasteiger partial charge >= 0.3 is 0 Å². The van der Waals surface area contributed by atoms with Gasteiger partial charge in [-0.3, -0.25) is 14.6 Å². The number of carbonyl (C=O) groups is 2. The number of aliphatic hydroxyl groups excluding tert-OH is 1. The minimum Gasteiger partial charge on any atom is -0.507 e. The highest BCUT2D eigenvalue weighted by molar-refractivity contribution is 6.46. The molecule has 3 heterocycles. The van der Waals surface area contributed by atoms with Crippen LogP contribution in [0.4, 0.5) is 0 Å². The maximum atomic E-state index is 13.3. The number of ether oxygens (including phenoxy) is 1. The first-order valence-corrected chi connectivity index (χ1v) is 10.9. The van der Waals surface area contributed by atoms with Crippen LogP contribution in [-0.4, -0.2) is 38.8 Å². The second kappa shape index (κ2) is 8.51. The minimum absolute atomic E-state index is 0.0512. The molecule has 1 unspecified atom stereocenters. The predicted octanol–water partition coefficient (Wildman–Crippen LogP) is 4.50. The molecule has 2 aromatic heterocycles. The summed E-state index contributed by atoms with van der Waals surface area (Å²) in [5.41, 5.74) is 3.56. The molecule has 1 atom stereocenters. The number of fused-ring (bicyclic) bond motifs is 1. The number of aliphatic hydroxyl groups is 1. The third kappa shape index (κ3) is 3.51. The third-order valence-electron chi connectivity index (χ3n) is 6.18. The molecule has 7 heteroatoms. The highest BCUT2D eigenvalue weighted by Gasteiger charge is 2.47. The van der Waals surface area contributed by atoms with E-state index in [-0.39, 0.29) is 17.9 Å². The standard InChI is InChI=1S/C27H23N3O4/c1-16-13-17(10-11-22(16)34-2)25(31)23-24(20-14-29-21-9-4-3-8-19(20)21)30(27(33)26(23)32)15-18-7-5-6-12-28-18/h3-14,24,29,31H,15H2,1-2H3/b25-23+. The van der Waals surface area contributed by atoms with Gasteiger partial charge in [-0.1, -0.05) is 24.3 Å². The number of nitrogens with zero attached hydrogens (tertiary/aromatic N) is 2. The Kier molecular flexibility index (Phi) is 5.37. The van der Waals surface area contributed by atoms with E-state index in [0.29, 0.717) is 17.0 Å². The number of carbonyl (C=O) groups excluding carboxylic acids is 2. The number of rotatable bonds is 5. The highest BCUT2D eigenvalue weighted by Crippen LogP contribution is 2.42. The molecule has 5 rings (SSSR count). The SMILES string of the molecule is COc1ccc(/C(O)=C2\C(=O)C(=O)N(Cc3ccccn3)C2c2c[nH]c3ccccc23)cc1C. The van der Waals surface area contributed by atoms with Crippen molar-refractivity contribution in [3.63, 3.8) is 0 Å². The Balaban J connectivity index is 1.70. The van der Waals surface area contributed by atoms with Crippen molar-refractivity contribution in [2.45, 2.75) is 19.5 Å². The van der Waals surface area contributed by atoms with Crippen molar-refractivity contribution < 1.29 is 19.4 Å². The maximum Gasteiger partial charge on any atom is 0.296 e. The molecule has 1 aliphatic rings. The maximum absolute atomic E-state index is 13.3. The number of hydrogen-bond acceptors (Lipinski definition) is 5. The normalized spacial score (nSPS) is 17.5. The van der Waals surface area contributed by atoms with Gasteiger partial charge in [0, 0.05) is 34.4 Å². The zero-order valence-electron chi connectivity index (χ0n) is 18.8. The van der Waals surface area contributed by atoms with E-state index in [1.54, 1.807) is 49.8 Å². The zero-order chi connectivity index (χ0) is 23.8. The van der Waals surface area contributed by atoms with Gasteiger partial charge in [0.1, 0.15) is 11.5 Å². The molecule has 0 aliphatic carbocycles. The third-order valence-corrected chi connectivity index (χ3v) is 6.18. The number of hydrogen-bond donors (Lipinski definition) is 2. The Bertz CT molecular complexity index is 1440. The first-order valence-electron chi connectivity index (χ1n) is 10.9. The summed E-state index contributed by atoms with van der Waals surface area (Å²) < 4.78 is 5.32. The molecule has 7 nitrogen and oxygen atoms in total. The summed E-state index contributed by atoms with van der Waals surface area (Å²) in [5, 5.41) is 12.2. The first-order chi connectivity index (χ1) is 16.5. The fraction of sp³-hybridized carbons (Fsp3) is 0.148. The molecule has 2 aromatic carbocycles. The number of pyridine rings is 1. The van der Waals surface area contributed by atoms with Crippen LogP contribution < -0.4 is 4.74 Å². The number of benzene rings is 2. The van der Waals surface area contributed by atoms with E-state index in [2.05, 4.69) is 9.97 Å². The Hall–Kier alpha value is -4.39. The largest absolute Gasteiger partial charge is 0.507 e. The zero-order valence-corrected chi connectivity index (χ0v) is 18.8. The van der Waals surface area contributed by atoms with Crippen LogP contribution in [-0.2, 0) is 16.1 Å². The van der Waals surface area contributed by atoms with E-state index in [0.717, 1.165) is 22.0 Å². The molecule has 1 aliphatic heterocycles. The molecule has 0 spiro atoms. The molecule has 1 saturated heterocycles. The number of Topliss-reactive ketones (excluding diaryl/α,β-unsaturated/α-hetero) is 1. The second-order valence-corrected chi connectivity index (χ2v) is 8.22. The highest BCUT2D eigenvalue weighted by atomic mass is 16.5. The van der Waals surface area contributed by atoms with Crippen molar-refractivity contribution in [1.82, 2.24) is 14.9 Å². The van der Waals surface area contributed by atoms with Crippen LogP contribution in [0, 0.1) is 6.92 Å². The molecule has 4 aromatic rings. The van der Waals surface area contributed by atoms with E-state index in [4.69, 9.17) is 4.74 Å². The summed E-state index contributed by atoms with van der Waals surface area (Å²) in [5.74, 6) is -0.951. The molecular weight excluding hydrogens is 430 g/mol. The minimum atomic E-state index is -0.777. The van der Waals surface area contributed by atoms with Crippen LogP contribution in [0.3, 0.4) is 0 Å². The van der Waals surface area contributed by atoms with Gasteiger partial charge in [-0.2, -0.15) is 0 Å². The number of aryl methyl sites for hydroxylation is 1. The van der Waals surface area contributed by atoms with Crippen LogP contribution in [0.1, 0.15) is 28.4 Å². The first kappa shape index (κ1) is 21.5. The fourth-order valence-corrected chi connectivity index (χ4v) is 4.53. The molecule has 1 amide bonds. The number of aromatic nitrogens is 2. The van der Waals surface area contributed by atoms with Crippen molar-refractivity contribution in [2.24, 2.45) is 0 Å². The number of likely N-dealkylation sites (tertiary alicyclic amines) is 1. The van der Waals surface area contributed by atoms with Crippen LogP contribution in [0.15, 0.2) is 78.6 Å². The number of H-pyrrole nitrogens is 1. The molecule has 0 bridgehead atoms. The molecule has 2 N–H and O–H groups in total. The van der Waals surface area contributed by atoms with Gasteiger partial charge in [0.05, 0.1) is 31.0 Å². The number of para-hydroxylation sites is 1. The monoisotopic (exact) mass is 453 g/mol. The van der Waals surface area contributed by atoms with Gasteiger partial charge in [-0.05, 0) is 48.9 Å². The Morgan fingerprint density at radius 2 is 1.91 bits per heavy atom. The number of aromatic amines is 1. The quantitative estimate of drug-likeness (QED) is 0.264. The molecule has 0 radical (unpaired) electrons. The number of nitrogens with one attached hydrogen (secondary N) is 1. The molecular formula is C27H23N3O4. The van der Waals surface area contributed by atoms with Crippen molar-refractivity contribution in [3.8, 4) is 5.75 Å². The molecule has 1 fully saturated rings. The second-order valence-electron chi connectivity index (χ2n) is 8.22.